The van der Waals surface area contributed by atoms with E-state index in [0.29, 0.717) is 22.9 Å². The average Bonchev–Trinajstić information content (AvgIpc) is 3.23. The Labute approximate surface area is 144 Å². The van der Waals surface area contributed by atoms with Crippen LogP contribution in [0.25, 0.3) is 16.5 Å². The molecule has 0 spiro atoms. The zero-order valence-corrected chi connectivity index (χ0v) is 14.6. The molecule has 3 heterocycles. The van der Waals surface area contributed by atoms with Crippen molar-refractivity contribution in [3.63, 3.8) is 0 Å². The van der Waals surface area contributed by atoms with Gasteiger partial charge in [0.15, 0.2) is 10.7 Å². The third-order valence-corrected chi connectivity index (χ3v) is 4.55. The number of rotatable bonds is 6. The van der Waals surface area contributed by atoms with Crippen molar-refractivity contribution < 1.29 is 4.79 Å². The van der Waals surface area contributed by atoms with Crippen LogP contribution in [0.3, 0.4) is 0 Å². The van der Waals surface area contributed by atoms with Gasteiger partial charge in [-0.1, -0.05) is 19.8 Å². The molecule has 0 saturated heterocycles. The highest BCUT2D eigenvalue weighted by Crippen LogP contribution is 2.21. The summed E-state index contributed by atoms with van der Waals surface area (Å²) < 4.78 is 1.53. The molecule has 0 bridgehead atoms. The van der Waals surface area contributed by atoms with Gasteiger partial charge in [0.05, 0.1) is 0 Å². The monoisotopic (exact) mass is 344 g/mol. The largest absolute Gasteiger partial charge is 0.384 e. The number of pyridine rings is 1. The number of anilines is 1. The molecule has 8 heteroatoms. The van der Waals surface area contributed by atoms with Crippen LogP contribution in [-0.4, -0.2) is 44.0 Å². The molecule has 24 heavy (non-hydrogen) atoms. The van der Waals surface area contributed by atoms with Crippen LogP contribution >= 0.6 is 11.3 Å². The van der Waals surface area contributed by atoms with Gasteiger partial charge in [-0.15, -0.1) is 16.4 Å². The van der Waals surface area contributed by atoms with Crippen molar-refractivity contribution in [3.8, 4) is 10.8 Å². The molecule has 0 aromatic carbocycles. The molecule has 3 rings (SSSR count). The van der Waals surface area contributed by atoms with Gasteiger partial charge in [-0.25, -0.2) is 9.97 Å². The lowest BCUT2D eigenvalue weighted by atomic mass is 10.2. The van der Waals surface area contributed by atoms with E-state index in [0.717, 1.165) is 30.8 Å². The molecule has 0 saturated carbocycles. The highest BCUT2D eigenvalue weighted by atomic mass is 32.1. The molecule has 3 aromatic heterocycles. The van der Waals surface area contributed by atoms with Crippen LogP contribution in [0.4, 0.5) is 5.82 Å². The normalized spacial score (nSPS) is 11.1. The smallest absolute Gasteiger partial charge is 0.253 e. The summed E-state index contributed by atoms with van der Waals surface area (Å²) in [5, 5.41) is 6.95. The molecule has 0 aliphatic rings. The number of hydrogen-bond donors (Lipinski definition) is 1. The maximum Gasteiger partial charge on any atom is 0.253 e. The summed E-state index contributed by atoms with van der Waals surface area (Å²) in [5.74, 6) is 0.838. The van der Waals surface area contributed by atoms with Crippen molar-refractivity contribution in [2.45, 2.75) is 26.2 Å². The number of carbonyl (C=O) groups is 1. The molecular formula is C16H20N6OS. The Kier molecular flexibility index (Phi) is 4.75. The predicted molar refractivity (Wildman–Crippen MR) is 95.0 cm³/mol. The van der Waals surface area contributed by atoms with Crippen molar-refractivity contribution in [2.75, 3.05) is 19.3 Å². The zero-order chi connectivity index (χ0) is 17.1. The molecule has 0 aliphatic heterocycles. The first kappa shape index (κ1) is 16.4. The lowest BCUT2D eigenvalue weighted by molar-refractivity contribution is 0.0792. The van der Waals surface area contributed by atoms with Gasteiger partial charge in [-0.2, -0.15) is 4.52 Å². The van der Waals surface area contributed by atoms with Crippen LogP contribution < -0.4 is 5.73 Å². The molecular weight excluding hydrogens is 324 g/mol. The molecule has 0 unspecified atom stereocenters. The molecule has 0 radical (unpaired) electrons. The highest BCUT2D eigenvalue weighted by Gasteiger charge is 2.16. The standard InChI is InChI=1S/C16H20N6OS/c1-3-4-5-7-21(2)16(23)11-9-12(17)22-13(10-11)19-14(20-22)15-18-6-8-24-15/h6,8-10H,3-5,7,17H2,1-2H3. The van der Waals surface area contributed by atoms with Gasteiger partial charge in [0, 0.05) is 30.7 Å². The first-order chi connectivity index (χ1) is 11.6. The fraction of sp³-hybridized carbons (Fsp3) is 0.375. The Morgan fingerprint density at radius 3 is 2.92 bits per heavy atom. The molecule has 0 fully saturated rings. The Hall–Kier alpha value is -2.48. The maximum atomic E-state index is 12.6. The van der Waals surface area contributed by atoms with Crippen LogP contribution in [0.15, 0.2) is 23.7 Å². The molecule has 2 N–H and O–H groups in total. The summed E-state index contributed by atoms with van der Waals surface area (Å²) in [5.41, 5.74) is 7.13. The van der Waals surface area contributed by atoms with Crippen LogP contribution in [0.1, 0.15) is 36.5 Å². The van der Waals surface area contributed by atoms with E-state index < -0.39 is 0 Å². The molecule has 0 atom stereocenters. The van der Waals surface area contributed by atoms with Crippen LogP contribution in [0, 0.1) is 0 Å². The Morgan fingerprint density at radius 2 is 2.21 bits per heavy atom. The van der Waals surface area contributed by atoms with Gasteiger partial charge in [0.25, 0.3) is 5.91 Å². The molecule has 3 aromatic rings. The minimum absolute atomic E-state index is 0.0564. The second-order valence-corrected chi connectivity index (χ2v) is 6.54. The van der Waals surface area contributed by atoms with Gasteiger partial charge in [-0.3, -0.25) is 4.79 Å². The summed E-state index contributed by atoms with van der Waals surface area (Å²) in [4.78, 5) is 22.9. The van der Waals surface area contributed by atoms with Gasteiger partial charge >= 0.3 is 0 Å². The van der Waals surface area contributed by atoms with Crippen molar-refractivity contribution in [1.82, 2.24) is 24.5 Å². The van der Waals surface area contributed by atoms with E-state index >= 15 is 0 Å². The number of nitrogens with two attached hydrogens (primary N) is 1. The topological polar surface area (TPSA) is 89.4 Å². The van der Waals surface area contributed by atoms with Gasteiger partial charge in [0.2, 0.25) is 5.82 Å². The SMILES string of the molecule is CCCCCN(C)C(=O)c1cc(N)n2nc(-c3nccs3)nc2c1. The number of unbranched alkanes of at least 4 members (excludes halogenated alkanes) is 2. The Morgan fingerprint density at radius 1 is 1.38 bits per heavy atom. The summed E-state index contributed by atoms with van der Waals surface area (Å²) in [6.45, 7) is 2.87. The zero-order valence-electron chi connectivity index (χ0n) is 13.8. The quantitative estimate of drug-likeness (QED) is 0.694. The van der Waals surface area contributed by atoms with Gasteiger partial charge < -0.3 is 10.6 Å². The predicted octanol–water partition coefficient (Wildman–Crippen LogP) is 2.70. The third-order valence-electron chi connectivity index (χ3n) is 3.78. The van der Waals surface area contributed by atoms with E-state index in [9.17, 15) is 4.79 Å². The Bertz CT molecular complexity index is 842. The fourth-order valence-electron chi connectivity index (χ4n) is 2.48. The number of thiazole rings is 1. The van der Waals surface area contributed by atoms with Crippen LogP contribution in [0.2, 0.25) is 0 Å². The summed E-state index contributed by atoms with van der Waals surface area (Å²) in [6.07, 6.45) is 4.94. The van der Waals surface area contributed by atoms with E-state index in [1.807, 2.05) is 12.4 Å². The number of nitrogens with zero attached hydrogens (tertiary/aromatic N) is 5. The van der Waals surface area contributed by atoms with E-state index in [4.69, 9.17) is 5.73 Å². The summed E-state index contributed by atoms with van der Waals surface area (Å²) in [7, 11) is 1.81. The lowest BCUT2D eigenvalue weighted by Crippen LogP contribution is -2.28. The van der Waals surface area contributed by atoms with Crippen molar-refractivity contribution in [1.29, 1.82) is 0 Å². The lowest BCUT2D eigenvalue weighted by Gasteiger charge is -2.17. The fourth-order valence-corrected chi connectivity index (χ4v) is 3.04. The van der Waals surface area contributed by atoms with Crippen molar-refractivity contribution in [3.05, 3.63) is 29.3 Å². The van der Waals surface area contributed by atoms with Gasteiger partial charge in [-0.05, 0) is 18.6 Å². The molecule has 126 valence electrons. The number of carbonyl (C=O) groups excluding carboxylic acids is 1. The average molecular weight is 344 g/mol. The molecule has 0 aliphatic carbocycles. The maximum absolute atomic E-state index is 12.6. The van der Waals surface area contributed by atoms with E-state index in [1.54, 1.807) is 23.2 Å². The summed E-state index contributed by atoms with van der Waals surface area (Å²) >= 11 is 1.46. The van der Waals surface area contributed by atoms with E-state index in [2.05, 4.69) is 22.0 Å². The first-order valence-electron chi connectivity index (χ1n) is 7.91. The number of aromatic nitrogens is 4. The number of nitrogen functional groups attached to an aromatic ring is 1. The van der Waals surface area contributed by atoms with Crippen molar-refractivity contribution >= 4 is 28.7 Å². The molecule has 1 amide bonds. The van der Waals surface area contributed by atoms with Gasteiger partial charge in [0.1, 0.15) is 5.82 Å². The number of hydrogen-bond acceptors (Lipinski definition) is 6. The highest BCUT2D eigenvalue weighted by molar-refractivity contribution is 7.13. The molecule has 7 nitrogen and oxygen atoms in total. The Balaban J connectivity index is 1.88. The third kappa shape index (κ3) is 3.23. The van der Waals surface area contributed by atoms with Crippen LogP contribution in [0.5, 0.6) is 0 Å². The van der Waals surface area contributed by atoms with E-state index in [1.165, 1.54) is 15.9 Å². The van der Waals surface area contributed by atoms with Crippen molar-refractivity contribution in [2.24, 2.45) is 0 Å². The van der Waals surface area contributed by atoms with E-state index in [-0.39, 0.29) is 5.91 Å². The minimum Gasteiger partial charge on any atom is -0.384 e. The second-order valence-electron chi connectivity index (χ2n) is 5.65. The minimum atomic E-state index is -0.0564. The first-order valence-corrected chi connectivity index (χ1v) is 8.79. The second kappa shape index (κ2) is 6.96. The van der Waals surface area contributed by atoms with Crippen LogP contribution in [-0.2, 0) is 0 Å². The number of fused-ring (bicyclic) bond motifs is 1. The number of amides is 1. The summed E-state index contributed by atoms with van der Waals surface area (Å²) in [6, 6.07) is 3.37.